The molecule has 0 bridgehead atoms. The summed E-state index contributed by atoms with van der Waals surface area (Å²) in [6, 6.07) is 7.61. The Labute approximate surface area is 157 Å². The van der Waals surface area contributed by atoms with E-state index in [0.717, 1.165) is 5.56 Å². The number of nitrogens with one attached hydrogen (secondary N) is 1. The van der Waals surface area contributed by atoms with Crippen LogP contribution in [0.1, 0.15) is 28.9 Å². The third-order valence-corrected chi connectivity index (χ3v) is 4.85. The van der Waals surface area contributed by atoms with Gasteiger partial charge < -0.3 is 14.1 Å². The van der Waals surface area contributed by atoms with Gasteiger partial charge in [0.15, 0.2) is 0 Å². The molecule has 1 N–H and O–H groups in total. The zero-order chi connectivity index (χ0) is 19.7. The van der Waals surface area contributed by atoms with Gasteiger partial charge in [0.1, 0.15) is 23.1 Å². The topological polar surface area (TPSA) is 95.6 Å². The maximum absolute atomic E-state index is 12.7. The third-order valence-electron chi connectivity index (χ3n) is 4.85. The lowest BCUT2D eigenvalue weighted by Gasteiger charge is -2.20. The normalized spacial score (nSPS) is 16.3. The van der Waals surface area contributed by atoms with Crippen LogP contribution in [0.3, 0.4) is 0 Å². The molecule has 27 heavy (non-hydrogen) atoms. The van der Waals surface area contributed by atoms with Gasteiger partial charge in [0.25, 0.3) is 0 Å². The summed E-state index contributed by atoms with van der Waals surface area (Å²) in [6.45, 7) is 5.66. The molecule has 1 unspecified atom stereocenters. The number of hydrogen-bond donors (Lipinski definition) is 1. The van der Waals surface area contributed by atoms with Crippen molar-refractivity contribution in [2.24, 2.45) is 5.92 Å². The number of anilines is 2. The minimum Gasteiger partial charge on any atom is -0.495 e. The SMILES string of the molecule is COc1ccc(C)cc1N1CC(C(=O)Nc2oc(C)c(C)c2C#N)CC1=O. The quantitative estimate of drug-likeness (QED) is 0.896. The molecule has 0 radical (unpaired) electrons. The molecule has 2 heterocycles. The van der Waals surface area contributed by atoms with Crippen molar-refractivity contribution in [3.05, 3.63) is 40.6 Å². The van der Waals surface area contributed by atoms with E-state index >= 15 is 0 Å². The van der Waals surface area contributed by atoms with Gasteiger partial charge in [0, 0.05) is 18.5 Å². The van der Waals surface area contributed by atoms with Gasteiger partial charge >= 0.3 is 0 Å². The lowest BCUT2D eigenvalue weighted by molar-refractivity contribution is -0.122. The number of amides is 2. The number of nitrogens with zero attached hydrogens (tertiary/aromatic N) is 2. The van der Waals surface area contributed by atoms with E-state index in [1.54, 1.807) is 31.9 Å². The van der Waals surface area contributed by atoms with Crippen LogP contribution in [0.5, 0.6) is 5.75 Å². The number of carbonyl (C=O) groups excluding carboxylic acids is 2. The van der Waals surface area contributed by atoms with Gasteiger partial charge in [-0.3, -0.25) is 14.9 Å². The van der Waals surface area contributed by atoms with E-state index in [4.69, 9.17) is 9.15 Å². The minimum absolute atomic E-state index is 0.0868. The first-order chi connectivity index (χ1) is 12.8. The van der Waals surface area contributed by atoms with Gasteiger partial charge in [0.05, 0.1) is 18.7 Å². The Morgan fingerprint density at radius 3 is 2.78 bits per heavy atom. The molecule has 140 valence electrons. The van der Waals surface area contributed by atoms with Gasteiger partial charge in [-0.15, -0.1) is 0 Å². The highest BCUT2D eigenvalue weighted by atomic mass is 16.5. The molecule has 1 aromatic carbocycles. The third kappa shape index (κ3) is 3.38. The summed E-state index contributed by atoms with van der Waals surface area (Å²) in [5.74, 6) is 0.264. The fraction of sp³-hybridized carbons (Fsp3) is 0.350. The summed E-state index contributed by atoms with van der Waals surface area (Å²) < 4.78 is 10.8. The number of methoxy groups -OCH3 is 1. The van der Waals surface area contributed by atoms with Crippen LogP contribution in [-0.4, -0.2) is 25.5 Å². The molecular formula is C20H21N3O4. The largest absolute Gasteiger partial charge is 0.495 e. The van der Waals surface area contributed by atoms with E-state index < -0.39 is 5.92 Å². The summed E-state index contributed by atoms with van der Waals surface area (Å²) >= 11 is 0. The van der Waals surface area contributed by atoms with Gasteiger partial charge in [-0.1, -0.05) is 6.07 Å². The van der Waals surface area contributed by atoms with Crippen LogP contribution in [0.25, 0.3) is 0 Å². The Balaban J connectivity index is 1.80. The van der Waals surface area contributed by atoms with Crippen LogP contribution in [0.15, 0.2) is 22.6 Å². The summed E-state index contributed by atoms with van der Waals surface area (Å²) in [4.78, 5) is 26.7. The Morgan fingerprint density at radius 1 is 1.37 bits per heavy atom. The number of carbonyl (C=O) groups is 2. The molecule has 1 saturated heterocycles. The molecule has 1 aliphatic rings. The van der Waals surface area contributed by atoms with Crippen molar-refractivity contribution in [1.29, 1.82) is 5.26 Å². The highest BCUT2D eigenvalue weighted by Gasteiger charge is 2.37. The molecule has 0 aliphatic carbocycles. The average molecular weight is 367 g/mol. The lowest BCUT2D eigenvalue weighted by Crippen LogP contribution is -2.28. The smallest absolute Gasteiger partial charge is 0.232 e. The fourth-order valence-electron chi connectivity index (χ4n) is 3.19. The summed E-state index contributed by atoms with van der Waals surface area (Å²) in [5.41, 5.74) is 2.65. The van der Waals surface area contributed by atoms with Crippen molar-refractivity contribution >= 4 is 23.4 Å². The number of ether oxygens (including phenoxy) is 1. The fourth-order valence-corrected chi connectivity index (χ4v) is 3.19. The molecule has 1 atom stereocenters. The highest BCUT2D eigenvalue weighted by molar-refractivity contribution is 6.04. The molecule has 1 aliphatic heterocycles. The van der Waals surface area contributed by atoms with Crippen LogP contribution < -0.4 is 15.0 Å². The zero-order valence-corrected chi connectivity index (χ0v) is 15.8. The van der Waals surface area contributed by atoms with Crippen molar-refractivity contribution in [3.63, 3.8) is 0 Å². The van der Waals surface area contributed by atoms with Crippen LogP contribution in [-0.2, 0) is 9.59 Å². The maximum Gasteiger partial charge on any atom is 0.232 e. The lowest BCUT2D eigenvalue weighted by atomic mass is 10.1. The first kappa shape index (κ1) is 18.5. The van der Waals surface area contributed by atoms with Crippen LogP contribution >= 0.6 is 0 Å². The van der Waals surface area contributed by atoms with Crippen LogP contribution in [0.2, 0.25) is 0 Å². The Kier molecular flexibility index (Phi) is 4.91. The zero-order valence-electron chi connectivity index (χ0n) is 15.8. The predicted octanol–water partition coefficient (Wildman–Crippen LogP) is 3.08. The summed E-state index contributed by atoms with van der Waals surface area (Å²) in [7, 11) is 1.55. The standard InChI is InChI=1S/C20H21N3O4/c1-11-5-6-17(26-4)16(7-11)23-10-14(8-18(23)24)19(25)22-20-15(9-21)12(2)13(3)27-20/h5-7,14H,8,10H2,1-4H3,(H,22,25). The second-order valence-electron chi connectivity index (χ2n) is 6.67. The summed E-state index contributed by atoms with van der Waals surface area (Å²) in [5, 5.41) is 11.9. The Hall–Kier alpha value is -3.27. The molecule has 7 heteroatoms. The Morgan fingerprint density at radius 2 is 2.11 bits per heavy atom. The Bertz CT molecular complexity index is 955. The molecule has 2 aromatic rings. The number of aryl methyl sites for hydroxylation is 2. The molecule has 0 spiro atoms. The molecule has 2 amide bonds. The number of nitriles is 1. The monoisotopic (exact) mass is 367 g/mol. The molecule has 7 nitrogen and oxygen atoms in total. The van der Waals surface area contributed by atoms with E-state index in [0.29, 0.717) is 28.3 Å². The molecular weight excluding hydrogens is 346 g/mol. The molecule has 1 fully saturated rings. The van der Waals surface area contributed by atoms with E-state index in [1.165, 1.54) is 0 Å². The van der Waals surface area contributed by atoms with E-state index in [2.05, 4.69) is 5.32 Å². The minimum atomic E-state index is -0.542. The van der Waals surface area contributed by atoms with Gasteiger partial charge in [-0.05, 0) is 38.5 Å². The van der Waals surface area contributed by atoms with Gasteiger partial charge in [-0.25, -0.2) is 0 Å². The maximum atomic E-state index is 12.7. The van der Waals surface area contributed by atoms with Gasteiger partial charge in [0.2, 0.25) is 17.7 Å². The van der Waals surface area contributed by atoms with E-state index in [9.17, 15) is 14.9 Å². The van der Waals surface area contributed by atoms with Crippen molar-refractivity contribution in [3.8, 4) is 11.8 Å². The number of rotatable bonds is 4. The number of benzene rings is 1. The second kappa shape index (κ2) is 7.16. The van der Waals surface area contributed by atoms with Crippen molar-refractivity contribution in [2.45, 2.75) is 27.2 Å². The van der Waals surface area contributed by atoms with Gasteiger partial charge in [-0.2, -0.15) is 5.26 Å². The molecule has 3 rings (SSSR count). The first-order valence-electron chi connectivity index (χ1n) is 8.61. The highest BCUT2D eigenvalue weighted by Crippen LogP contribution is 2.34. The average Bonchev–Trinajstić information content (AvgIpc) is 3.15. The number of hydrogen-bond acceptors (Lipinski definition) is 5. The van der Waals surface area contributed by atoms with E-state index in [1.807, 2.05) is 25.1 Å². The van der Waals surface area contributed by atoms with Crippen molar-refractivity contribution < 1.29 is 18.7 Å². The van der Waals surface area contributed by atoms with Crippen LogP contribution in [0.4, 0.5) is 11.6 Å². The summed E-state index contributed by atoms with van der Waals surface area (Å²) in [6.07, 6.45) is 0.0868. The van der Waals surface area contributed by atoms with Crippen molar-refractivity contribution in [1.82, 2.24) is 0 Å². The second-order valence-corrected chi connectivity index (χ2v) is 6.67. The predicted molar refractivity (Wildman–Crippen MR) is 99.7 cm³/mol. The number of furan rings is 1. The molecule has 1 aromatic heterocycles. The van der Waals surface area contributed by atoms with Crippen LogP contribution in [0, 0.1) is 38.0 Å². The first-order valence-corrected chi connectivity index (χ1v) is 8.61. The van der Waals surface area contributed by atoms with E-state index in [-0.39, 0.29) is 30.7 Å². The van der Waals surface area contributed by atoms with Crippen molar-refractivity contribution in [2.75, 3.05) is 23.9 Å². The molecule has 0 saturated carbocycles.